The molecule has 144 valence electrons. The van der Waals surface area contributed by atoms with Crippen molar-refractivity contribution in [2.75, 3.05) is 39.0 Å². The number of nitrogens with zero attached hydrogens (tertiary/aromatic N) is 3. The first-order valence-electron chi connectivity index (χ1n) is 9.27. The maximum Gasteiger partial charge on any atom is 0.282 e. The van der Waals surface area contributed by atoms with Crippen molar-refractivity contribution in [3.63, 3.8) is 0 Å². The number of anilines is 1. The fourth-order valence-electron chi connectivity index (χ4n) is 3.79. The molecule has 2 N–H and O–H groups in total. The van der Waals surface area contributed by atoms with E-state index in [9.17, 15) is 13.2 Å². The monoisotopic (exact) mass is 380 g/mol. The van der Waals surface area contributed by atoms with Gasteiger partial charge >= 0.3 is 0 Å². The molecule has 26 heavy (non-hydrogen) atoms. The molecule has 0 radical (unpaired) electrons. The second-order valence-electron chi connectivity index (χ2n) is 7.13. The summed E-state index contributed by atoms with van der Waals surface area (Å²) in [5.41, 5.74) is 6.84. The SMILES string of the molecule is CN(C1CCCCC1)S(=O)(=O)N1CCN(C(=O)c2cccc(N)c2)CC1. The van der Waals surface area contributed by atoms with Crippen molar-refractivity contribution in [2.45, 2.75) is 38.1 Å². The highest BCUT2D eigenvalue weighted by Crippen LogP contribution is 2.25. The first-order chi connectivity index (χ1) is 12.4. The molecule has 8 heteroatoms. The van der Waals surface area contributed by atoms with Gasteiger partial charge in [-0.25, -0.2) is 0 Å². The lowest BCUT2D eigenvalue weighted by atomic mass is 9.96. The van der Waals surface area contributed by atoms with Crippen LogP contribution in [0.5, 0.6) is 0 Å². The van der Waals surface area contributed by atoms with Crippen LogP contribution < -0.4 is 5.73 Å². The van der Waals surface area contributed by atoms with Gasteiger partial charge in [0, 0.05) is 50.5 Å². The van der Waals surface area contributed by atoms with Gasteiger partial charge in [-0.1, -0.05) is 25.3 Å². The van der Waals surface area contributed by atoms with Crippen LogP contribution >= 0.6 is 0 Å². The molecule has 2 fully saturated rings. The van der Waals surface area contributed by atoms with E-state index in [4.69, 9.17) is 5.73 Å². The highest BCUT2D eigenvalue weighted by atomic mass is 32.2. The zero-order chi connectivity index (χ0) is 18.7. The molecule has 1 heterocycles. The molecule has 1 aliphatic heterocycles. The number of benzene rings is 1. The molecule has 3 rings (SSSR count). The highest BCUT2D eigenvalue weighted by molar-refractivity contribution is 7.86. The maximum atomic E-state index is 12.9. The summed E-state index contributed by atoms with van der Waals surface area (Å²) in [5, 5.41) is 0. The molecule has 0 spiro atoms. The van der Waals surface area contributed by atoms with Gasteiger partial charge in [-0.15, -0.1) is 0 Å². The predicted octanol–water partition coefficient (Wildman–Crippen LogP) is 1.54. The van der Waals surface area contributed by atoms with E-state index in [1.807, 2.05) is 0 Å². The van der Waals surface area contributed by atoms with E-state index in [0.717, 1.165) is 25.7 Å². The van der Waals surface area contributed by atoms with Crippen molar-refractivity contribution in [1.29, 1.82) is 0 Å². The van der Waals surface area contributed by atoms with Gasteiger partial charge in [0.05, 0.1) is 0 Å². The van der Waals surface area contributed by atoms with Crippen LogP contribution in [0.25, 0.3) is 0 Å². The summed E-state index contributed by atoms with van der Waals surface area (Å²) in [6, 6.07) is 6.98. The topological polar surface area (TPSA) is 87.0 Å². The lowest BCUT2D eigenvalue weighted by Gasteiger charge is -2.38. The van der Waals surface area contributed by atoms with E-state index in [-0.39, 0.29) is 11.9 Å². The zero-order valence-electron chi connectivity index (χ0n) is 15.3. The number of carbonyl (C=O) groups is 1. The van der Waals surface area contributed by atoms with Gasteiger partial charge in [-0.05, 0) is 31.0 Å². The largest absolute Gasteiger partial charge is 0.399 e. The minimum absolute atomic E-state index is 0.0979. The fraction of sp³-hybridized carbons (Fsp3) is 0.611. The Morgan fingerprint density at radius 1 is 1.12 bits per heavy atom. The van der Waals surface area contributed by atoms with Crippen molar-refractivity contribution >= 4 is 21.8 Å². The van der Waals surface area contributed by atoms with Crippen molar-refractivity contribution in [3.05, 3.63) is 29.8 Å². The second-order valence-corrected chi connectivity index (χ2v) is 9.12. The Labute approximate surface area is 155 Å². The molecule has 7 nitrogen and oxygen atoms in total. The predicted molar refractivity (Wildman–Crippen MR) is 102 cm³/mol. The Kier molecular flexibility index (Phi) is 5.84. The Balaban J connectivity index is 1.61. The summed E-state index contributed by atoms with van der Waals surface area (Å²) in [6.45, 7) is 1.44. The van der Waals surface area contributed by atoms with Crippen LogP contribution in [0, 0.1) is 0 Å². The molecule has 2 aliphatic rings. The lowest BCUT2D eigenvalue weighted by molar-refractivity contribution is 0.0693. The molecule has 1 saturated heterocycles. The molecule has 0 aromatic heterocycles. The Hall–Kier alpha value is -1.64. The third-order valence-corrected chi connectivity index (χ3v) is 7.48. The standard InChI is InChI=1S/C18H28N4O3S/c1-20(17-8-3-2-4-9-17)26(24,25)22-12-10-21(11-13-22)18(23)15-6-5-7-16(19)14-15/h5-7,14,17H,2-4,8-13,19H2,1H3. The molecule has 0 unspecified atom stereocenters. The molecule has 1 aromatic rings. The lowest BCUT2D eigenvalue weighted by Crippen LogP contribution is -2.55. The number of amides is 1. The molecule has 1 aromatic carbocycles. The average molecular weight is 381 g/mol. The van der Waals surface area contributed by atoms with Crippen LogP contribution in [-0.4, -0.2) is 67.1 Å². The number of carbonyl (C=O) groups excluding carboxylic acids is 1. The van der Waals surface area contributed by atoms with Crippen molar-refractivity contribution in [3.8, 4) is 0 Å². The van der Waals surface area contributed by atoms with Gasteiger partial charge in [0.2, 0.25) is 0 Å². The first kappa shape index (κ1) is 19.1. The molecule has 0 bridgehead atoms. The number of nitrogen functional groups attached to an aromatic ring is 1. The van der Waals surface area contributed by atoms with Gasteiger partial charge in [-0.2, -0.15) is 17.0 Å². The summed E-state index contributed by atoms with van der Waals surface area (Å²) in [6.07, 6.45) is 5.24. The zero-order valence-corrected chi connectivity index (χ0v) is 16.1. The van der Waals surface area contributed by atoms with Crippen molar-refractivity contribution < 1.29 is 13.2 Å². The highest BCUT2D eigenvalue weighted by Gasteiger charge is 2.35. The molecule has 0 atom stereocenters. The number of nitrogens with two attached hydrogens (primary N) is 1. The maximum absolute atomic E-state index is 12.9. The van der Waals surface area contributed by atoms with E-state index in [1.165, 1.54) is 10.7 Å². The number of hydrogen-bond donors (Lipinski definition) is 1. The summed E-state index contributed by atoms with van der Waals surface area (Å²) in [5.74, 6) is -0.102. The smallest absolute Gasteiger partial charge is 0.282 e. The number of piperazine rings is 1. The van der Waals surface area contributed by atoms with Gasteiger partial charge in [0.25, 0.3) is 16.1 Å². The van der Waals surface area contributed by atoms with Crippen molar-refractivity contribution in [1.82, 2.24) is 13.5 Å². The molecular weight excluding hydrogens is 352 g/mol. The second kappa shape index (κ2) is 7.94. The van der Waals surface area contributed by atoms with Crippen LogP contribution in [0.4, 0.5) is 5.69 Å². The van der Waals surface area contributed by atoms with Crippen molar-refractivity contribution in [2.24, 2.45) is 0 Å². The quantitative estimate of drug-likeness (QED) is 0.803. The van der Waals surface area contributed by atoms with E-state index >= 15 is 0 Å². The summed E-state index contributed by atoms with van der Waals surface area (Å²) < 4.78 is 28.9. The summed E-state index contributed by atoms with van der Waals surface area (Å²) >= 11 is 0. The molecular formula is C18H28N4O3S. The van der Waals surface area contributed by atoms with Gasteiger partial charge in [0.1, 0.15) is 0 Å². The first-order valence-corrected chi connectivity index (χ1v) is 10.7. The van der Waals surface area contributed by atoms with Gasteiger partial charge in [-0.3, -0.25) is 4.79 Å². The van der Waals surface area contributed by atoms with Gasteiger partial charge < -0.3 is 10.6 Å². The third-order valence-electron chi connectivity index (χ3n) is 5.44. The van der Waals surface area contributed by atoms with Crippen LogP contribution in [-0.2, 0) is 10.2 Å². The van der Waals surface area contributed by atoms with Crippen LogP contribution in [0.2, 0.25) is 0 Å². The Bertz CT molecular complexity index is 739. The molecule has 1 saturated carbocycles. The van der Waals surface area contributed by atoms with E-state index in [1.54, 1.807) is 40.5 Å². The third kappa shape index (κ3) is 4.02. The molecule has 1 amide bonds. The number of rotatable bonds is 4. The normalized spacial score (nSPS) is 20.5. The average Bonchev–Trinajstić information content (AvgIpc) is 2.67. The Morgan fingerprint density at radius 2 is 1.77 bits per heavy atom. The van der Waals surface area contributed by atoms with Gasteiger partial charge in [0.15, 0.2) is 0 Å². The van der Waals surface area contributed by atoms with E-state index in [2.05, 4.69) is 0 Å². The van der Waals surface area contributed by atoms with E-state index < -0.39 is 10.2 Å². The fourth-order valence-corrected chi connectivity index (χ4v) is 5.37. The minimum atomic E-state index is -3.47. The minimum Gasteiger partial charge on any atom is -0.399 e. The van der Waals surface area contributed by atoms with Crippen LogP contribution in [0.3, 0.4) is 0 Å². The molecule has 1 aliphatic carbocycles. The number of hydrogen-bond acceptors (Lipinski definition) is 4. The Morgan fingerprint density at radius 3 is 2.38 bits per heavy atom. The summed E-state index contributed by atoms with van der Waals surface area (Å²) in [7, 11) is -1.78. The van der Waals surface area contributed by atoms with E-state index in [0.29, 0.717) is 37.4 Å². The summed E-state index contributed by atoms with van der Waals surface area (Å²) in [4.78, 5) is 14.3. The van der Waals surface area contributed by atoms with Crippen LogP contribution in [0.15, 0.2) is 24.3 Å². The van der Waals surface area contributed by atoms with Crippen LogP contribution in [0.1, 0.15) is 42.5 Å².